The fraction of sp³-hybridized carbons (Fsp3) is 0.529. The number of hydrogen-bond acceptors (Lipinski definition) is 2. The SMILES string of the molecule is CC[NH+](CC(=O)Nc1cc(C)cc(C)c1)CC(=O)NC(C)C. The summed E-state index contributed by atoms with van der Waals surface area (Å²) in [5, 5.41) is 5.76. The van der Waals surface area contributed by atoms with Crippen LogP contribution in [0.3, 0.4) is 0 Å². The number of hydrogen-bond donors (Lipinski definition) is 3. The highest BCUT2D eigenvalue weighted by atomic mass is 16.2. The van der Waals surface area contributed by atoms with Gasteiger partial charge in [0.25, 0.3) is 11.8 Å². The summed E-state index contributed by atoms with van der Waals surface area (Å²) in [5.41, 5.74) is 3.04. The van der Waals surface area contributed by atoms with Crippen molar-refractivity contribution in [2.24, 2.45) is 0 Å². The topological polar surface area (TPSA) is 62.6 Å². The number of carbonyl (C=O) groups excluding carboxylic acids is 2. The molecule has 2 amide bonds. The van der Waals surface area contributed by atoms with E-state index in [1.54, 1.807) is 0 Å². The first-order chi connectivity index (χ1) is 10.3. The molecule has 0 aliphatic rings. The molecule has 0 spiro atoms. The summed E-state index contributed by atoms with van der Waals surface area (Å²) >= 11 is 0. The van der Waals surface area contributed by atoms with Crippen molar-refractivity contribution in [3.05, 3.63) is 29.3 Å². The van der Waals surface area contributed by atoms with Gasteiger partial charge < -0.3 is 15.5 Å². The zero-order chi connectivity index (χ0) is 16.7. The fourth-order valence-corrected chi connectivity index (χ4v) is 2.39. The first-order valence-corrected chi connectivity index (χ1v) is 7.81. The van der Waals surface area contributed by atoms with Gasteiger partial charge in [-0.2, -0.15) is 0 Å². The molecular weight excluding hydrogens is 278 g/mol. The lowest BCUT2D eigenvalue weighted by atomic mass is 10.1. The Morgan fingerprint density at radius 2 is 1.59 bits per heavy atom. The molecule has 0 heterocycles. The van der Waals surface area contributed by atoms with Gasteiger partial charge >= 0.3 is 0 Å². The predicted octanol–water partition coefficient (Wildman–Crippen LogP) is 0.671. The third kappa shape index (κ3) is 6.72. The van der Waals surface area contributed by atoms with Crippen LogP contribution in [0.5, 0.6) is 0 Å². The zero-order valence-electron chi connectivity index (χ0n) is 14.2. The summed E-state index contributed by atoms with van der Waals surface area (Å²) in [6.07, 6.45) is 0. The Bertz CT molecular complexity index is 506. The number of quaternary nitrogens is 1. The molecule has 0 saturated carbocycles. The van der Waals surface area contributed by atoms with Crippen LogP contribution in [0, 0.1) is 13.8 Å². The minimum absolute atomic E-state index is 0.0222. The molecular formula is C17H28N3O2+. The molecule has 5 heteroatoms. The molecule has 0 fully saturated rings. The van der Waals surface area contributed by atoms with Crippen molar-refractivity contribution in [1.82, 2.24) is 5.32 Å². The van der Waals surface area contributed by atoms with Gasteiger partial charge in [0.05, 0.1) is 6.54 Å². The number of amides is 2. The molecule has 0 aliphatic carbocycles. The van der Waals surface area contributed by atoms with Crippen molar-refractivity contribution in [2.45, 2.75) is 40.7 Å². The number of anilines is 1. The molecule has 1 atom stereocenters. The van der Waals surface area contributed by atoms with Gasteiger partial charge in [0, 0.05) is 11.7 Å². The lowest BCUT2D eigenvalue weighted by Gasteiger charge is -2.18. The van der Waals surface area contributed by atoms with Gasteiger partial charge in [0.1, 0.15) is 0 Å². The normalized spacial score (nSPS) is 12.1. The van der Waals surface area contributed by atoms with Crippen molar-refractivity contribution in [3.8, 4) is 0 Å². The summed E-state index contributed by atoms with van der Waals surface area (Å²) < 4.78 is 0. The maximum absolute atomic E-state index is 12.1. The Morgan fingerprint density at radius 1 is 1.05 bits per heavy atom. The average Bonchev–Trinajstić information content (AvgIpc) is 2.35. The molecule has 1 aromatic carbocycles. The van der Waals surface area contributed by atoms with Crippen molar-refractivity contribution < 1.29 is 14.5 Å². The van der Waals surface area contributed by atoms with Gasteiger partial charge in [-0.05, 0) is 57.9 Å². The molecule has 0 bridgehead atoms. The van der Waals surface area contributed by atoms with Gasteiger partial charge in [-0.15, -0.1) is 0 Å². The lowest BCUT2D eigenvalue weighted by molar-refractivity contribution is -0.881. The highest BCUT2D eigenvalue weighted by Gasteiger charge is 2.17. The molecule has 5 nitrogen and oxygen atoms in total. The quantitative estimate of drug-likeness (QED) is 0.693. The Balaban J connectivity index is 2.56. The highest BCUT2D eigenvalue weighted by Crippen LogP contribution is 2.13. The van der Waals surface area contributed by atoms with E-state index in [1.807, 2.05) is 46.8 Å². The molecule has 1 aromatic rings. The highest BCUT2D eigenvalue weighted by molar-refractivity contribution is 5.91. The molecule has 0 aromatic heterocycles. The summed E-state index contributed by atoms with van der Waals surface area (Å²) in [4.78, 5) is 24.9. The van der Waals surface area contributed by atoms with E-state index in [4.69, 9.17) is 0 Å². The fourth-order valence-electron chi connectivity index (χ4n) is 2.39. The van der Waals surface area contributed by atoms with Gasteiger partial charge in [-0.25, -0.2) is 0 Å². The van der Waals surface area contributed by atoms with Crippen LogP contribution in [0.25, 0.3) is 0 Å². The number of benzene rings is 1. The minimum Gasteiger partial charge on any atom is -0.349 e. The second kappa shape index (κ2) is 8.54. The summed E-state index contributed by atoms with van der Waals surface area (Å²) in [6.45, 7) is 11.2. The van der Waals surface area contributed by atoms with Crippen LogP contribution >= 0.6 is 0 Å². The molecule has 0 saturated heterocycles. The molecule has 0 radical (unpaired) electrons. The summed E-state index contributed by atoms with van der Waals surface area (Å²) in [5.74, 6) is -0.0924. The second-order valence-electron chi connectivity index (χ2n) is 6.10. The summed E-state index contributed by atoms with van der Waals surface area (Å²) in [7, 11) is 0. The first-order valence-electron chi connectivity index (χ1n) is 7.81. The van der Waals surface area contributed by atoms with E-state index < -0.39 is 0 Å². The standard InChI is InChI=1S/C17H27N3O2/c1-6-20(10-16(21)18-12(2)3)11-17(22)19-15-8-13(4)7-14(5)9-15/h7-9,12H,6,10-11H2,1-5H3,(H,18,21)(H,19,22)/p+1. The predicted molar refractivity (Wildman–Crippen MR) is 89.1 cm³/mol. The van der Waals surface area contributed by atoms with Crippen molar-refractivity contribution in [3.63, 3.8) is 0 Å². The van der Waals surface area contributed by atoms with Crippen molar-refractivity contribution >= 4 is 17.5 Å². The minimum atomic E-state index is -0.0702. The second-order valence-corrected chi connectivity index (χ2v) is 6.10. The molecule has 22 heavy (non-hydrogen) atoms. The van der Waals surface area contributed by atoms with E-state index in [2.05, 4.69) is 16.7 Å². The molecule has 3 N–H and O–H groups in total. The smallest absolute Gasteiger partial charge is 0.279 e. The molecule has 0 aliphatic heterocycles. The van der Waals surface area contributed by atoms with Gasteiger partial charge in [-0.3, -0.25) is 9.59 Å². The third-order valence-electron chi connectivity index (χ3n) is 3.28. The number of likely N-dealkylation sites (N-methyl/N-ethyl adjacent to an activating group) is 1. The van der Waals surface area contributed by atoms with Gasteiger partial charge in [0.15, 0.2) is 13.1 Å². The third-order valence-corrected chi connectivity index (χ3v) is 3.28. The lowest BCUT2D eigenvalue weighted by Crippen LogP contribution is -3.14. The zero-order valence-corrected chi connectivity index (χ0v) is 14.2. The number of aryl methyl sites for hydroxylation is 2. The van der Waals surface area contributed by atoms with Crippen LogP contribution in [0.4, 0.5) is 5.69 Å². The first kappa shape index (κ1) is 18.2. The van der Waals surface area contributed by atoms with Crippen LogP contribution in [0.15, 0.2) is 18.2 Å². The van der Waals surface area contributed by atoms with Gasteiger partial charge in [-0.1, -0.05) is 6.07 Å². The van der Waals surface area contributed by atoms with Crippen LogP contribution < -0.4 is 15.5 Å². The molecule has 1 rings (SSSR count). The maximum Gasteiger partial charge on any atom is 0.279 e. The summed E-state index contributed by atoms with van der Waals surface area (Å²) in [6, 6.07) is 6.08. The van der Waals surface area contributed by atoms with Crippen LogP contribution in [-0.2, 0) is 9.59 Å². The average molecular weight is 306 g/mol. The maximum atomic E-state index is 12.1. The van der Waals surface area contributed by atoms with E-state index in [0.29, 0.717) is 6.54 Å². The largest absolute Gasteiger partial charge is 0.349 e. The van der Waals surface area contributed by atoms with Crippen molar-refractivity contribution in [2.75, 3.05) is 25.0 Å². The van der Waals surface area contributed by atoms with Gasteiger partial charge in [0.2, 0.25) is 0 Å². The van der Waals surface area contributed by atoms with Crippen LogP contribution in [-0.4, -0.2) is 37.5 Å². The molecule has 1 unspecified atom stereocenters. The number of nitrogens with one attached hydrogen (secondary N) is 3. The van der Waals surface area contributed by atoms with E-state index in [1.165, 1.54) is 0 Å². The van der Waals surface area contributed by atoms with Crippen LogP contribution in [0.1, 0.15) is 31.9 Å². The Hall–Kier alpha value is -1.88. The Kier molecular flexibility index (Phi) is 7.05. The monoisotopic (exact) mass is 306 g/mol. The van der Waals surface area contributed by atoms with E-state index >= 15 is 0 Å². The van der Waals surface area contributed by atoms with E-state index in [0.717, 1.165) is 28.3 Å². The Labute approximate surface area is 133 Å². The Morgan fingerprint density at radius 3 is 2.09 bits per heavy atom. The van der Waals surface area contributed by atoms with Crippen LogP contribution in [0.2, 0.25) is 0 Å². The number of carbonyl (C=O) groups is 2. The molecule has 122 valence electrons. The van der Waals surface area contributed by atoms with Crippen molar-refractivity contribution in [1.29, 1.82) is 0 Å². The van der Waals surface area contributed by atoms with E-state index in [9.17, 15) is 9.59 Å². The number of rotatable bonds is 7. The van der Waals surface area contributed by atoms with E-state index in [-0.39, 0.29) is 24.4 Å².